The van der Waals surface area contributed by atoms with Gasteiger partial charge in [0.05, 0.1) is 5.69 Å². The minimum atomic E-state index is -1.25. The largest absolute Gasteiger partial charge is 0.464 e. The van der Waals surface area contributed by atoms with Gasteiger partial charge in [0.15, 0.2) is 11.7 Å². The van der Waals surface area contributed by atoms with Crippen molar-refractivity contribution in [3.05, 3.63) is 99.2 Å². The van der Waals surface area contributed by atoms with E-state index in [9.17, 15) is 18.8 Å². The third-order valence-electron chi connectivity index (χ3n) is 5.78. The number of nitrogens with two attached hydrogens (primary N) is 2. The van der Waals surface area contributed by atoms with Crippen LogP contribution in [0.15, 0.2) is 59.0 Å². The lowest BCUT2D eigenvalue weighted by Gasteiger charge is -2.30. The van der Waals surface area contributed by atoms with Gasteiger partial charge in [-0.2, -0.15) is 4.37 Å². The average Bonchev–Trinajstić information content (AvgIpc) is 3.46. The zero-order valence-electron chi connectivity index (χ0n) is 20.9. The number of nitrogens with zero attached hydrogens (tertiary/aromatic N) is 2. The Morgan fingerprint density at radius 3 is 2.26 bits per heavy atom. The molecular weight excluding hydrogens is 509 g/mol. The van der Waals surface area contributed by atoms with Crippen molar-refractivity contribution < 1.29 is 23.2 Å². The molecule has 0 aliphatic carbocycles. The van der Waals surface area contributed by atoms with Crippen molar-refractivity contribution in [3.63, 3.8) is 0 Å². The molecule has 0 saturated carbocycles. The molecule has 0 radical (unpaired) electrons. The first-order valence-corrected chi connectivity index (χ1v) is 12.4. The number of benzene rings is 2. The van der Waals surface area contributed by atoms with Crippen LogP contribution < -0.4 is 21.7 Å². The number of nitrogen functional groups attached to an aromatic ring is 1. The molecule has 2 aromatic heterocycles. The van der Waals surface area contributed by atoms with Gasteiger partial charge in [-0.1, -0.05) is 18.2 Å². The molecule has 196 valence electrons. The first-order chi connectivity index (χ1) is 18.0. The Kier molecular flexibility index (Phi) is 7.58. The molecule has 1 atom stereocenters. The molecule has 0 fully saturated rings. The van der Waals surface area contributed by atoms with Gasteiger partial charge in [-0.05, 0) is 85.4 Å². The van der Waals surface area contributed by atoms with Crippen LogP contribution in [0.1, 0.15) is 54.4 Å². The normalized spacial score (nSPS) is 11.7. The SMILES string of the molecule is Cc1cc(C)cc(N(C(=O)c2snc(C(N)=O)c2N)[C@H](C(=O)NCc2ccc(F)cc2)c2ccc(C)o2)c1. The maximum atomic E-state index is 14.1. The molecule has 0 spiro atoms. The van der Waals surface area contributed by atoms with Crippen LogP contribution in [0.5, 0.6) is 0 Å². The Labute approximate surface area is 222 Å². The Balaban J connectivity index is 1.82. The lowest BCUT2D eigenvalue weighted by Crippen LogP contribution is -2.44. The topological polar surface area (TPSA) is 145 Å². The fourth-order valence-electron chi connectivity index (χ4n) is 4.07. The quantitative estimate of drug-likeness (QED) is 0.309. The van der Waals surface area contributed by atoms with Crippen molar-refractivity contribution in [3.8, 4) is 0 Å². The van der Waals surface area contributed by atoms with Crippen LogP contribution in [0.25, 0.3) is 0 Å². The number of aromatic nitrogens is 1. The zero-order chi connectivity index (χ0) is 27.6. The molecule has 4 rings (SSSR count). The van der Waals surface area contributed by atoms with Gasteiger partial charge in [-0.25, -0.2) is 4.39 Å². The fraction of sp³-hybridized carbons (Fsp3) is 0.185. The van der Waals surface area contributed by atoms with Crippen LogP contribution in [0, 0.1) is 26.6 Å². The minimum Gasteiger partial charge on any atom is -0.464 e. The molecule has 2 heterocycles. The molecule has 0 saturated heterocycles. The molecule has 2 aromatic carbocycles. The second-order valence-electron chi connectivity index (χ2n) is 8.85. The van der Waals surface area contributed by atoms with Crippen molar-refractivity contribution in [1.29, 1.82) is 0 Å². The molecule has 0 unspecified atom stereocenters. The van der Waals surface area contributed by atoms with E-state index in [2.05, 4.69) is 9.69 Å². The summed E-state index contributed by atoms with van der Waals surface area (Å²) in [5.41, 5.74) is 13.9. The van der Waals surface area contributed by atoms with Gasteiger partial charge in [-0.3, -0.25) is 19.3 Å². The number of anilines is 2. The molecule has 9 nitrogen and oxygen atoms in total. The highest BCUT2D eigenvalue weighted by molar-refractivity contribution is 7.09. The van der Waals surface area contributed by atoms with Gasteiger partial charge >= 0.3 is 0 Å². The number of furan rings is 1. The monoisotopic (exact) mass is 535 g/mol. The summed E-state index contributed by atoms with van der Waals surface area (Å²) in [5, 5.41) is 2.82. The third kappa shape index (κ3) is 5.57. The molecular formula is C27H26FN5O4S. The van der Waals surface area contributed by atoms with Crippen LogP contribution in [0.4, 0.5) is 15.8 Å². The Morgan fingerprint density at radius 2 is 1.71 bits per heavy atom. The van der Waals surface area contributed by atoms with Gasteiger partial charge in [0.25, 0.3) is 17.7 Å². The van der Waals surface area contributed by atoms with E-state index in [1.54, 1.807) is 43.3 Å². The van der Waals surface area contributed by atoms with Gasteiger partial charge in [0.1, 0.15) is 22.2 Å². The highest BCUT2D eigenvalue weighted by Gasteiger charge is 2.38. The lowest BCUT2D eigenvalue weighted by atomic mass is 10.1. The molecule has 4 aromatic rings. The van der Waals surface area contributed by atoms with E-state index in [0.717, 1.165) is 22.7 Å². The number of amides is 3. The summed E-state index contributed by atoms with van der Waals surface area (Å²) in [6.07, 6.45) is 0. The number of rotatable bonds is 8. The number of primary amides is 1. The zero-order valence-corrected chi connectivity index (χ0v) is 21.8. The van der Waals surface area contributed by atoms with Gasteiger partial charge in [0.2, 0.25) is 0 Å². The highest BCUT2D eigenvalue weighted by atomic mass is 32.1. The molecule has 38 heavy (non-hydrogen) atoms. The van der Waals surface area contributed by atoms with E-state index in [1.165, 1.54) is 17.0 Å². The summed E-state index contributed by atoms with van der Waals surface area (Å²) in [6.45, 7) is 5.54. The summed E-state index contributed by atoms with van der Waals surface area (Å²) in [6, 6.07) is 13.2. The minimum absolute atomic E-state index is 0.0439. The van der Waals surface area contributed by atoms with E-state index < -0.39 is 29.6 Å². The van der Waals surface area contributed by atoms with E-state index in [-0.39, 0.29) is 28.6 Å². The van der Waals surface area contributed by atoms with Crippen LogP contribution >= 0.6 is 11.5 Å². The smallest absolute Gasteiger partial charge is 0.273 e. The second kappa shape index (κ2) is 10.9. The highest BCUT2D eigenvalue weighted by Crippen LogP contribution is 2.34. The summed E-state index contributed by atoms with van der Waals surface area (Å²) in [5.74, 6) is -1.72. The standard InChI is InChI=1S/C27H26FN5O4S/c1-14-10-15(2)12-19(11-14)33(27(36)24-21(29)22(25(30)34)32-38-24)23(20-9-4-16(3)37-20)26(35)31-13-17-5-7-18(28)8-6-17/h4-12,23H,13,29H2,1-3H3,(H2,30,34)(H,31,35)/t23-/m0/s1. The average molecular weight is 536 g/mol. The number of nitrogens with one attached hydrogen (secondary N) is 1. The Morgan fingerprint density at radius 1 is 1.05 bits per heavy atom. The van der Waals surface area contributed by atoms with Crippen molar-refractivity contribution in [2.45, 2.75) is 33.4 Å². The molecule has 0 aliphatic heterocycles. The van der Waals surface area contributed by atoms with Gasteiger partial charge in [-0.15, -0.1) is 0 Å². The molecule has 5 N–H and O–H groups in total. The first kappa shape index (κ1) is 26.6. The van der Waals surface area contributed by atoms with E-state index in [4.69, 9.17) is 15.9 Å². The summed E-state index contributed by atoms with van der Waals surface area (Å²) in [4.78, 5) is 40.8. The van der Waals surface area contributed by atoms with E-state index >= 15 is 0 Å². The van der Waals surface area contributed by atoms with E-state index in [0.29, 0.717) is 17.0 Å². The van der Waals surface area contributed by atoms with Crippen LogP contribution in [0.3, 0.4) is 0 Å². The van der Waals surface area contributed by atoms with Crippen molar-refractivity contribution >= 4 is 40.6 Å². The van der Waals surface area contributed by atoms with Crippen molar-refractivity contribution in [2.24, 2.45) is 5.73 Å². The lowest BCUT2D eigenvalue weighted by molar-refractivity contribution is -0.123. The van der Waals surface area contributed by atoms with Crippen LogP contribution in [-0.2, 0) is 11.3 Å². The van der Waals surface area contributed by atoms with Crippen LogP contribution in [-0.4, -0.2) is 22.1 Å². The van der Waals surface area contributed by atoms with Gasteiger partial charge in [0, 0.05) is 12.2 Å². The number of carbonyl (C=O) groups excluding carboxylic acids is 3. The predicted molar refractivity (Wildman–Crippen MR) is 142 cm³/mol. The second-order valence-corrected chi connectivity index (χ2v) is 9.63. The molecule has 0 bridgehead atoms. The molecule has 3 amide bonds. The number of aryl methyl sites for hydroxylation is 3. The van der Waals surface area contributed by atoms with Crippen molar-refractivity contribution in [2.75, 3.05) is 10.6 Å². The Hall–Kier alpha value is -4.51. The maximum Gasteiger partial charge on any atom is 0.273 e. The predicted octanol–water partition coefficient (Wildman–Crippen LogP) is 4.19. The van der Waals surface area contributed by atoms with E-state index in [1.807, 2.05) is 19.9 Å². The summed E-state index contributed by atoms with van der Waals surface area (Å²) in [7, 11) is 0. The number of carbonyl (C=O) groups is 3. The summed E-state index contributed by atoms with van der Waals surface area (Å²) < 4.78 is 23.1. The number of halogens is 1. The maximum absolute atomic E-state index is 14.1. The van der Waals surface area contributed by atoms with Crippen molar-refractivity contribution in [1.82, 2.24) is 9.69 Å². The fourth-order valence-corrected chi connectivity index (χ4v) is 4.82. The third-order valence-corrected chi connectivity index (χ3v) is 6.63. The van der Waals surface area contributed by atoms with Gasteiger partial charge < -0.3 is 21.2 Å². The Bertz CT molecular complexity index is 1490. The number of hydrogen-bond acceptors (Lipinski definition) is 7. The molecule has 11 heteroatoms. The van der Waals surface area contributed by atoms with Crippen LogP contribution in [0.2, 0.25) is 0 Å². The number of hydrogen-bond donors (Lipinski definition) is 3. The summed E-state index contributed by atoms with van der Waals surface area (Å²) >= 11 is 0.720. The molecule has 0 aliphatic rings. The first-order valence-electron chi connectivity index (χ1n) is 11.6.